The summed E-state index contributed by atoms with van der Waals surface area (Å²) in [5.41, 5.74) is 0.729. The largest absolute Gasteiger partial charge is 0.494 e. The highest BCUT2D eigenvalue weighted by molar-refractivity contribution is 5.89. The summed E-state index contributed by atoms with van der Waals surface area (Å²) >= 11 is 0. The first-order valence-electron chi connectivity index (χ1n) is 7.95. The van der Waals surface area contributed by atoms with Crippen LogP contribution >= 0.6 is 0 Å². The quantitative estimate of drug-likeness (QED) is 0.828. The fourth-order valence-corrected chi connectivity index (χ4v) is 2.38. The van der Waals surface area contributed by atoms with Gasteiger partial charge in [-0.2, -0.15) is 0 Å². The standard InChI is InChI=1S/C19H23FN2O2/c1-4-24-15-11-9-14(10-12-15)22-18(23)21-13-19(2,3)16-7-5-6-8-17(16)20/h5-12H,4,13H2,1-3H3,(H2,21,22,23). The lowest BCUT2D eigenvalue weighted by atomic mass is 9.84. The first-order valence-corrected chi connectivity index (χ1v) is 7.95. The second-order valence-corrected chi connectivity index (χ2v) is 6.13. The number of halogens is 1. The van der Waals surface area contributed by atoms with Crippen molar-refractivity contribution in [2.24, 2.45) is 0 Å². The number of benzene rings is 2. The van der Waals surface area contributed by atoms with Gasteiger partial charge in [0.1, 0.15) is 11.6 Å². The number of amides is 2. The van der Waals surface area contributed by atoms with Gasteiger partial charge in [0.2, 0.25) is 0 Å². The van der Waals surface area contributed by atoms with E-state index in [4.69, 9.17) is 4.74 Å². The molecule has 2 aromatic carbocycles. The van der Waals surface area contributed by atoms with Crippen molar-refractivity contribution < 1.29 is 13.9 Å². The molecule has 0 radical (unpaired) electrons. The molecule has 5 heteroatoms. The Balaban J connectivity index is 1.91. The van der Waals surface area contributed by atoms with Crippen molar-refractivity contribution in [2.75, 3.05) is 18.5 Å². The van der Waals surface area contributed by atoms with Crippen LogP contribution in [0.1, 0.15) is 26.3 Å². The molecular formula is C19H23FN2O2. The predicted molar refractivity (Wildman–Crippen MR) is 94.1 cm³/mol. The van der Waals surface area contributed by atoms with E-state index >= 15 is 0 Å². The minimum Gasteiger partial charge on any atom is -0.494 e. The first kappa shape index (κ1) is 17.8. The third-order valence-electron chi connectivity index (χ3n) is 3.72. The average molecular weight is 330 g/mol. The molecule has 2 rings (SSSR count). The zero-order valence-electron chi connectivity index (χ0n) is 14.2. The van der Waals surface area contributed by atoms with E-state index in [0.717, 1.165) is 5.75 Å². The van der Waals surface area contributed by atoms with Crippen molar-refractivity contribution in [3.8, 4) is 5.75 Å². The molecule has 2 N–H and O–H groups in total. The average Bonchev–Trinajstić information content (AvgIpc) is 2.55. The van der Waals surface area contributed by atoms with Crippen LogP contribution in [0.2, 0.25) is 0 Å². The van der Waals surface area contributed by atoms with E-state index < -0.39 is 5.41 Å². The van der Waals surface area contributed by atoms with Gasteiger partial charge in [-0.15, -0.1) is 0 Å². The highest BCUT2D eigenvalue weighted by atomic mass is 19.1. The molecule has 0 bridgehead atoms. The van der Waals surface area contributed by atoms with Crippen molar-refractivity contribution in [3.05, 3.63) is 59.9 Å². The topological polar surface area (TPSA) is 50.4 Å². The molecule has 24 heavy (non-hydrogen) atoms. The lowest BCUT2D eigenvalue weighted by Crippen LogP contribution is -2.39. The van der Waals surface area contributed by atoms with Gasteiger partial charge in [0.05, 0.1) is 6.61 Å². The van der Waals surface area contributed by atoms with E-state index in [1.54, 1.807) is 42.5 Å². The van der Waals surface area contributed by atoms with Crippen LogP contribution in [0.4, 0.5) is 14.9 Å². The third-order valence-corrected chi connectivity index (χ3v) is 3.72. The number of hydrogen-bond acceptors (Lipinski definition) is 2. The molecule has 128 valence electrons. The second kappa shape index (κ2) is 7.81. The Labute approximate surface area is 142 Å². The lowest BCUT2D eigenvalue weighted by molar-refractivity contribution is 0.249. The van der Waals surface area contributed by atoms with Crippen LogP contribution in [-0.2, 0) is 5.41 Å². The molecule has 0 aromatic heterocycles. The maximum absolute atomic E-state index is 13.9. The molecule has 0 heterocycles. The normalized spacial score (nSPS) is 11.0. The van der Waals surface area contributed by atoms with Gasteiger partial charge in [-0.1, -0.05) is 32.0 Å². The molecule has 2 amide bonds. The second-order valence-electron chi connectivity index (χ2n) is 6.13. The summed E-state index contributed by atoms with van der Waals surface area (Å²) < 4.78 is 19.3. The number of rotatable bonds is 6. The van der Waals surface area contributed by atoms with Gasteiger partial charge in [-0.25, -0.2) is 9.18 Å². The van der Waals surface area contributed by atoms with Crippen LogP contribution in [0.5, 0.6) is 5.75 Å². The minimum atomic E-state index is -0.512. The molecular weight excluding hydrogens is 307 g/mol. The molecule has 0 saturated carbocycles. The fourth-order valence-electron chi connectivity index (χ4n) is 2.38. The van der Waals surface area contributed by atoms with E-state index in [1.165, 1.54) is 6.07 Å². The van der Waals surface area contributed by atoms with Crippen molar-refractivity contribution in [1.29, 1.82) is 0 Å². The Kier molecular flexibility index (Phi) is 5.79. The highest BCUT2D eigenvalue weighted by Crippen LogP contribution is 2.24. The molecule has 0 aliphatic rings. The summed E-state index contributed by atoms with van der Waals surface area (Å²) in [5.74, 6) is 0.486. The summed E-state index contributed by atoms with van der Waals surface area (Å²) in [6.45, 7) is 6.61. The Morgan fingerprint density at radius 3 is 2.42 bits per heavy atom. The smallest absolute Gasteiger partial charge is 0.319 e. The van der Waals surface area contributed by atoms with Crippen LogP contribution in [0.15, 0.2) is 48.5 Å². The summed E-state index contributed by atoms with van der Waals surface area (Å²) in [6.07, 6.45) is 0. The van der Waals surface area contributed by atoms with Gasteiger partial charge in [0.15, 0.2) is 0 Å². The monoisotopic (exact) mass is 330 g/mol. The summed E-state index contributed by atoms with van der Waals surface area (Å²) in [7, 11) is 0. The van der Waals surface area contributed by atoms with Crippen LogP contribution in [-0.4, -0.2) is 19.2 Å². The minimum absolute atomic E-state index is 0.267. The molecule has 0 aliphatic carbocycles. The predicted octanol–water partition coefficient (Wildman–Crippen LogP) is 4.32. The van der Waals surface area contributed by atoms with Crippen LogP contribution < -0.4 is 15.4 Å². The number of nitrogens with one attached hydrogen (secondary N) is 2. The molecule has 4 nitrogen and oxygen atoms in total. The third kappa shape index (κ3) is 4.72. The van der Waals surface area contributed by atoms with E-state index in [0.29, 0.717) is 24.4 Å². The maximum atomic E-state index is 13.9. The Bertz CT molecular complexity index is 684. The van der Waals surface area contributed by atoms with E-state index in [1.807, 2.05) is 20.8 Å². The van der Waals surface area contributed by atoms with Crippen LogP contribution in [0, 0.1) is 5.82 Å². The van der Waals surface area contributed by atoms with Crippen molar-refractivity contribution in [1.82, 2.24) is 5.32 Å². The van der Waals surface area contributed by atoms with Gasteiger partial charge in [-0.05, 0) is 42.8 Å². The summed E-state index contributed by atoms with van der Waals surface area (Å²) in [6, 6.07) is 13.4. The summed E-state index contributed by atoms with van der Waals surface area (Å²) in [5, 5.41) is 5.54. The fraction of sp³-hybridized carbons (Fsp3) is 0.316. The number of urea groups is 1. The van der Waals surface area contributed by atoms with Crippen molar-refractivity contribution >= 4 is 11.7 Å². The number of carbonyl (C=O) groups is 1. The van der Waals surface area contributed by atoms with Crippen LogP contribution in [0.3, 0.4) is 0 Å². The molecule has 0 atom stereocenters. The van der Waals surface area contributed by atoms with Crippen molar-refractivity contribution in [3.63, 3.8) is 0 Å². The first-order chi connectivity index (χ1) is 11.4. The molecule has 0 spiro atoms. The van der Waals surface area contributed by atoms with Crippen LogP contribution in [0.25, 0.3) is 0 Å². The number of anilines is 1. The Hall–Kier alpha value is -2.56. The number of hydrogen-bond donors (Lipinski definition) is 2. The number of ether oxygens (including phenoxy) is 1. The maximum Gasteiger partial charge on any atom is 0.319 e. The van der Waals surface area contributed by atoms with E-state index in [9.17, 15) is 9.18 Å². The van der Waals surface area contributed by atoms with Gasteiger partial charge in [0, 0.05) is 17.6 Å². The van der Waals surface area contributed by atoms with Gasteiger partial charge in [0.25, 0.3) is 0 Å². The van der Waals surface area contributed by atoms with Gasteiger partial charge in [-0.3, -0.25) is 0 Å². The van der Waals surface area contributed by atoms with Gasteiger partial charge >= 0.3 is 6.03 Å². The highest BCUT2D eigenvalue weighted by Gasteiger charge is 2.24. The van der Waals surface area contributed by atoms with E-state index in [2.05, 4.69) is 10.6 Å². The van der Waals surface area contributed by atoms with Crippen molar-refractivity contribution in [2.45, 2.75) is 26.2 Å². The van der Waals surface area contributed by atoms with Gasteiger partial charge < -0.3 is 15.4 Å². The van der Waals surface area contributed by atoms with E-state index in [-0.39, 0.29) is 11.8 Å². The summed E-state index contributed by atoms with van der Waals surface area (Å²) in [4.78, 5) is 12.0. The zero-order valence-corrected chi connectivity index (χ0v) is 14.2. The Morgan fingerprint density at radius 1 is 1.12 bits per heavy atom. The SMILES string of the molecule is CCOc1ccc(NC(=O)NCC(C)(C)c2ccccc2F)cc1. The lowest BCUT2D eigenvalue weighted by Gasteiger charge is -2.26. The molecule has 0 fully saturated rings. The number of carbonyl (C=O) groups excluding carboxylic acids is 1. The Morgan fingerprint density at radius 2 is 1.79 bits per heavy atom. The zero-order chi connectivity index (χ0) is 17.6. The molecule has 0 aliphatic heterocycles. The molecule has 2 aromatic rings. The molecule has 0 unspecified atom stereocenters. The molecule has 0 saturated heterocycles.